The van der Waals surface area contributed by atoms with Gasteiger partial charge >= 0.3 is 6.09 Å². The molecule has 2 aliphatic rings. The van der Waals surface area contributed by atoms with E-state index < -0.39 is 0 Å². The molecule has 1 saturated heterocycles. The summed E-state index contributed by atoms with van der Waals surface area (Å²) >= 11 is 1.58. The van der Waals surface area contributed by atoms with Crippen LogP contribution < -0.4 is 9.80 Å². The van der Waals surface area contributed by atoms with E-state index in [-0.39, 0.29) is 6.09 Å². The van der Waals surface area contributed by atoms with E-state index in [1.54, 1.807) is 16.7 Å². The van der Waals surface area contributed by atoms with Crippen molar-refractivity contribution in [2.24, 2.45) is 0 Å². The molecule has 0 bridgehead atoms. The van der Waals surface area contributed by atoms with Crippen molar-refractivity contribution >= 4 is 40.1 Å². The Morgan fingerprint density at radius 1 is 0.923 bits per heavy atom. The highest BCUT2D eigenvalue weighted by Crippen LogP contribution is 2.35. The van der Waals surface area contributed by atoms with Gasteiger partial charge in [0.25, 0.3) is 0 Å². The van der Waals surface area contributed by atoms with E-state index in [0.29, 0.717) is 19.7 Å². The summed E-state index contributed by atoms with van der Waals surface area (Å²) in [6.07, 6.45) is 2.66. The maximum absolute atomic E-state index is 12.7. The van der Waals surface area contributed by atoms with Crippen LogP contribution in [0, 0.1) is 6.92 Å². The molecule has 1 fully saturated rings. The normalized spacial score (nSPS) is 15.4. The number of amides is 1. The molecule has 0 aliphatic carbocycles. The molecule has 1 aromatic heterocycles. The summed E-state index contributed by atoms with van der Waals surface area (Å²) in [6, 6.07) is 23.0. The summed E-state index contributed by atoms with van der Waals surface area (Å²) in [5, 5.41) is 3.34. The minimum atomic E-state index is -0.256. The number of hydrogen-bond acceptors (Lipinski definition) is 7. The van der Waals surface area contributed by atoms with Gasteiger partial charge in [0.2, 0.25) is 0 Å². The van der Waals surface area contributed by atoms with Gasteiger partial charge < -0.3 is 19.4 Å². The molecule has 0 spiro atoms. The number of piperazine rings is 1. The van der Waals surface area contributed by atoms with Crippen LogP contribution in [0.15, 0.2) is 71.9 Å². The summed E-state index contributed by atoms with van der Waals surface area (Å²) in [5.41, 5.74) is 5.87. The second-order valence-corrected chi connectivity index (χ2v) is 10.9. The highest BCUT2D eigenvalue weighted by molar-refractivity contribution is 7.98. The van der Waals surface area contributed by atoms with Gasteiger partial charge in [-0.15, -0.1) is 0 Å². The van der Waals surface area contributed by atoms with Crippen molar-refractivity contribution < 1.29 is 9.53 Å². The molecule has 7 nitrogen and oxygen atoms in total. The number of anilines is 2. The van der Waals surface area contributed by atoms with Gasteiger partial charge in [-0.25, -0.2) is 14.8 Å². The fourth-order valence-electron chi connectivity index (χ4n) is 5.56. The zero-order valence-electron chi connectivity index (χ0n) is 22.5. The number of carbonyl (C=O) groups is 1. The van der Waals surface area contributed by atoms with Crippen LogP contribution in [0.1, 0.15) is 22.4 Å². The molecule has 0 unspecified atom stereocenters. The van der Waals surface area contributed by atoms with Crippen molar-refractivity contribution in [1.29, 1.82) is 0 Å². The predicted molar refractivity (Wildman–Crippen MR) is 158 cm³/mol. The fourth-order valence-corrected chi connectivity index (χ4v) is 5.94. The second-order valence-electron chi connectivity index (χ2n) is 10.2. The van der Waals surface area contributed by atoms with Crippen LogP contribution in [-0.2, 0) is 24.3 Å². The number of carbonyl (C=O) groups excluding carboxylic acids is 1. The van der Waals surface area contributed by atoms with Crippen molar-refractivity contribution in [2.75, 3.05) is 48.8 Å². The Labute approximate surface area is 233 Å². The van der Waals surface area contributed by atoms with Crippen LogP contribution >= 0.6 is 11.8 Å². The van der Waals surface area contributed by atoms with Gasteiger partial charge in [0.1, 0.15) is 12.4 Å². The van der Waals surface area contributed by atoms with Gasteiger partial charge in [-0.1, -0.05) is 72.4 Å². The number of aryl methyl sites for hydroxylation is 1. The highest BCUT2D eigenvalue weighted by atomic mass is 32.2. The number of benzene rings is 3. The van der Waals surface area contributed by atoms with Gasteiger partial charge in [0.05, 0.1) is 12.2 Å². The maximum Gasteiger partial charge on any atom is 0.410 e. The molecule has 2 aliphatic heterocycles. The molecule has 0 radical (unpaired) electrons. The monoisotopic (exact) mass is 539 g/mol. The molecular formula is C31H33N5O2S. The Morgan fingerprint density at radius 3 is 2.49 bits per heavy atom. The fraction of sp³-hybridized carbons (Fsp3) is 0.323. The third-order valence-electron chi connectivity index (χ3n) is 7.57. The van der Waals surface area contributed by atoms with Gasteiger partial charge in [-0.3, -0.25) is 0 Å². The molecular weight excluding hydrogens is 506 g/mol. The zero-order chi connectivity index (χ0) is 26.8. The van der Waals surface area contributed by atoms with Gasteiger partial charge in [0.15, 0.2) is 5.16 Å². The van der Waals surface area contributed by atoms with Gasteiger partial charge in [-0.05, 0) is 42.2 Å². The first-order chi connectivity index (χ1) is 19.1. The maximum atomic E-state index is 12.7. The van der Waals surface area contributed by atoms with E-state index in [1.807, 2.05) is 36.6 Å². The van der Waals surface area contributed by atoms with Crippen LogP contribution in [-0.4, -0.2) is 59.9 Å². The van der Waals surface area contributed by atoms with Crippen molar-refractivity contribution in [3.05, 3.63) is 89.1 Å². The Morgan fingerprint density at radius 2 is 1.69 bits per heavy atom. The quantitative estimate of drug-likeness (QED) is 0.239. The SMILES string of the molecule is CSc1nc2c(c(N3CCN(C(=O)OCc4ccccc4)CC3)n1)CCN(c1cc(C)cc3ccccc13)C2. The van der Waals surface area contributed by atoms with E-state index in [9.17, 15) is 4.79 Å². The molecule has 0 N–H and O–H groups in total. The summed E-state index contributed by atoms with van der Waals surface area (Å²) < 4.78 is 5.56. The van der Waals surface area contributed by atoms with Crippen molar-refractivity contribution in [2.45, 2.75) is 31.7 Å². The van der Waals surface area contributed by atoms with Crippen LogP contribution in [0.3, 0.4) is 0 Å². The van der Waals surface area contributed by atoms with E-state index >= 15 is 0 Å². The molecule has 3 heterocycles. The number of ether oxygens (including phenoxy) is 1. The zero-order valence-corrected chi connectivity index (χ0v) is 23.3. The summed E-state index contributed by atoms with van der Waals surface area (Å²) in [6.45, 7) is 6.82. The number of hydrogen-bond donors (Lipinski definition) is 0. The van der Waals surface area contributed by atoms with E-state index in [2.05, 4.69) is 53.1 Å². The Balaban J connectivity index is 1.18. The molecule has 6 rings (SSSR count). The smallest absolute Gasteiger partial charge is 0.410 e. The van der Waals surface area contributed by atoms with Crippen LogP contribution in [0.4, 0.5) is 16.3 Å². The van der Waals surface area contributed by atoms with Crippen LogP contribution in [0.25, 0.3) is 10.8 Å². The standard InChI is InChI=1S/C31H33N5O2S/c1-22-18-24-10-6-7-11-25(24)28(19-22)36-13-12-26-27(20-36)32-30(39-2)33-29(26)34-14-16-35(17-15-34)31(37)38-21-23-8-4-3-5-9-23/h3-11,18-19H,12-17,20-21H2,1-2H3. The van der Waals surface area contributed by atoms with E-state index in [1.165, 1.54) is 27.6 Å². The molecule has 1 amide bonds. The third kappa shape index (κ3) is 5.39. The minimum Gasteiger partial charge on any atom is -0.445 e. The lowest BCUT2D eigenvalue weighted by Gasteiger charge is -2.38. The summed E-state index contributed by atoms with van der Waals surface area (Å²) in [4.78, 5) is 29.2. The molecule has 3 aromatic carbocycles. The number of nitrogens with zero attached hydrogens (tertiary/aromatic N) is 5. The highest BCUT2D eigenvalue weighted by Gasteiger charge is 2.29. The first kappa shape index (κ1) is 25.5. The van der Waals surface area contributed by atoms with Gasteiger partial charge in [-0.2, -0.15) is 0 Å². The number of rotatable bonds is 5. The lowest BCUT2D eigenvalue weighted by Crippen LogP contribution is -2.49. The predicted octanol–water partition coefficient (Wildman–Crippen LogP) is 5.68. The Bertz CT molecular complexity index is 1490. The van der Waals surface area contributed by atoms with E-state index in [4.69, 9.17) is 14.7 Å². The van der Waals surface area contributed by atoms with Crippen molar-refractivity contribution in [3.8, 4) is 0 Å². The van der Waals surface area contributed by atoms with Gasteiger partial charge in [0, 0.05) is 49.4 Å². The Kier molecular flexibility index (Phi) is 7.28. The number of thioether (sulfide) groups is 1. The summed E-state index contributed by atoms with van der Waals surface area (Å²) in [5.74, 6) is 1.02. The van der Waals surface area contributed by atoms with Crippen LogP contribution in [0.2, 0.25) is 0 Å². The minimum absolute atomic E-state index is 0.256. The molecule has 39 heavy (non-hydrogen) atoms. The average Bonchev–Trinajstić information content (AvgIpc) is 2.99. The lowest BCUT2D eigenvalue weighted by atomic mass is 10.0. The molecule has 8 heteroatoms. The van der Waals surface area contributed by atoms with Crippen molar-refractivity contribution in [3.63, 3.8) is 0 Å². The Hall–Kier alpha value is -3.78. The average molecular weight is 540 g/mol. The topological polar surface area (TPSA) is 61.8 Å². The third-order valence-corrected chi connectivity index (χ3v) is 8.12. The largest absolute Gasteiger partial charge is 0.445 e. The first-order valence-corrected chi connectivity index (χ1v) is 14.7. The molecule has 200 valence electrons. The van der Waals surface area contributed by atoms with E-state index in [0.717, 1.165) is 54.8 Å². The number of fused-ring (bicyclic) bond motifs is 2. The second kappa shape index (κ2) is 11.1. The van der Waals surface area contributed by atoms with Crippen LogP contribution in [0.5, 0.6) is 0 Å². The molecule has 0 saturated carbocycles. The molecule has 0 atom stereocenters. The first-order valence-electron chi connectivity index (χ1n) is 13.5. The summed E-state index contributed by atoms with van der Waals surface area (Å²) in [7, 11) is 0. The molecule has 4 aromatic rings. The van der Waals surface area contributed by atoms with Crippen molar-refractivity contribution in [1.82, 2.24) is 14.9 Å². The number of aromatic nitrogens is 2. The lowest BCUT2D eigenvalue weighted by molar-refractivity contribution is 0.0941.